The molecule has 1 fully saturated rings. The van der Waals surface area contributed by atoms with Crippen LogP contribution in [0.3, 0.4) is 0 Å². The predicted molar refractivity (Wildman–Crippen MR) is 82.6 cm³/mol. The van der Waals surface area contributed by atoms with Crippen molar-refractivity contribution in [2.24, 2.45) is 17.6 Å². The minimum Gasteiger partial charge on any atom is -0.324 e. The molecule has 1 aliphatic heterocycles. The second-order valence-corrected chi connectivity index (χ2v) is 6.08. The van der Waals surface area contributed by atoms with Crippen LogP contribution >= 0.6 is 0 Å². The van der Waals surface area contributed by atoms with Crippen LogP contribution in [-0.2, 0) is 0 Å². The van der Waals surface area contributed by atoms with E-state index in [2.05, 4.69) is 19.2 Å². The van der Waals surface area contributed by atoms with Crippen LogP contribution < -0.4 is 11.1 Å². The Morgan fingerprint density at radius 3 is 2.75 bits per heavy atom. The Morgan fingerprint density at radius 2 is 2.15 bits per heavy atom. The Labute approximate surface area is 121 Å². The maximum Gasteiger partial charge on any atom is 0.321 e. The third-order valence-corrected chi connectivity index (χ3v) is 4.12. The van der Waals surface area contributed by atoms with Gasteiger partial charge in [-0.2, -0.15) is 0 Å². The highest BCUT2D eigenvalue weighted by Crippen LogP contribution is 2.24. The third-order valence-electron chi connectivity index (χ3n) is 4.12. The van der Waals surface area contributed by atoms with Crippen molar-refractivity contribution in [2.45, 2.75) is 33.2 Å². The number of benzene rings is 1. The molecule has 4 nitrogen and oxygen atoms in total. The van der Waals surface area contributed by atoms with Crippen molar-refractivity contribution >= 4 is 11.7 Å². The summed E-state index contributed by atoms with van der Waals surface area (Å²) < 4.78 is 0. The van der Waals surface area contributed by atoms with E-state index < -0.39 is 0 Å². The quantitative estimate of drug-likeness (QED) is 0.890. The smallest absolute Gasteiger partial charge is 0.321 e. The number of amides is 2. The number of carbonyl (C=O) groups excluding carboxylic acids is 1. The molecule has 3 N–H and O–H groups in total. The lowest BCUT2D eigenvalue weighted by Gasteiger charge is -2.19. The summed E-state index contributed by atoms with van der Waals surface area (Å²) in [5, 5.41) is 2.97. The van der Waals surface area contributed by atoms with Gasteiger partial charge < -0.3 is 16.0 Å². The van der Waals surface area contributed by atoms with E-state index in [-0.39, 0.29) is 12.1 Å². The summed E-state index contributed by atoms with van der Waals surface area (Å²) in [4.78, 5) is 14.2. The first kappa shape index (κ1) is 14.9. The van der Waals surface area contributed by atoms with E-state index in [4.69, 9.17) is 5.73 Å². The fraction of sp³-hybridized carbons (Fsp3) is 0.562. The molecule has 0 saturated carbocycles. The van der Waals surface area contributed by atoms with E-state index >= 15 is 0 Å². The lowest BCUT2D eigenvalue weighted by molar-refractivity contribution is 0.219. The van der Waals surface area contributed by atoms with Crippen molar-refractivity contribution in [3.05, 3.63) is 29.8 Å². The summed E-state index contributed by atoms with van der Waals surface area (Å²) in [7, 11) is 0. The summed E-state index contributed by atoms with van der Waals surface area (Å²) in [5.74, 6) is 1.25. The van der Waals surface area contributed by atoms with Gasteiger partial charge >= 0.3 is 6.03 Å². The molecule has 1 aliphatic rings. The molecule has 1 aromatic carbocycles. The highest BCUT2D eigenvalue weighted by atomic mass is 16.2. The molecule has 0 radical (unpaired) electrons. The van der Waals surface area contributed by atoms with Gasteiger partial charge in [0.15, 0.2) is 0 Å². The zero-order valence-electron chi connectivity index (χ0n) is 12.6. The highest BCUT2D eigenvalue weighted by Gasteiger charge is 2.28. The third kappa shape index (κ3) is 3.51. The number of hydrogen-bond donors (Lipinski definition) is 2. The maximum absolute atomic E-state index is 12.2. The van der Waals surface area contributed by atoms with Crippen LogP contribution in [-0.4, -0.2) is 24.0 Å². The van der Waals surface area contributed by atoms with Crippen LogP contribution in [0.1, 0.15) is 38.8 Å². The number of nitrogens with one attached hydrogen (secondary N) is 1. The maximum atomic E-state index is 12.2. The number of urea groups is 1. The normalized spacial score (nSPS) is 20.2. The molecule has 2 unspecified atom stereocenters. The molecular weight excluding hydrogens is 250 g/mol. The van der Waals surface area contributed by atoms with Gasteiger partial charge in [-0.05, 0) is 42.9 Å². The standard InChI is InChI=1S/C16H25N3O/c1-11(2)14-7-8-19(10-14)16(20)18-15-6-4-5-13(9-15)12(3)17/h4-6,9,11-12,14H,7-8,10,17H2,1-3H3,(H,18,20). The number of nitrogens with zero attached hydrogens (tertiary/aromatic N) is 1. The molecule has 2 rings (SSSR count). The van der Waals surface area contributed by atoms with Crippen molar-refractivity contribution < 1.29 is 4.79 Å². The summed E-state index contributed by atoms with van der Waals surface area (Å²) >= 11 is 0. The fourth-order valence-corrected chi connectivity index (χ4v) is 2.62. The van der Waals surface area contributed by atoms with Crippen LogP contribution in [0.5, 0.6) is 0 Å². The molecule has 110 valence electrons. The van der Waals surface area contributed by atoms with Crippen molar-refractivity contribution in [3.8, 4) is 0 Å². The number of nitrogens with two attached hydrogens (primary N) is 1. The molecule has 0 bridgehead atoms. The van der Waals surface area contributed by atoms with Gasteiger partial charge in [0.25, 0.3) is 0 Å². The number of likely N-dealkylation sites (tertiary alicyclic amines) is 1. The van der Waals surface area contributed by atoms with Crippen molar-refractivity contribution in [2.75, 3.05) is 18.4 Å². The van der Waals surface area contributed by atoms with Gasteiger partial charge in [-0.25, -0.2) is 4.79 Å². The van der Waals surface area contributed by atoms with Crippen molar-refractivity contribution in [3.63, 3.8) is 0 Å². The van der Waals surface area contributed by atoms with E-state index in [1.54, 1.807) is 0 Å². The molecule has 2 amide bonds. The Hall–Kier alpha value is -1.55. The average Bonchev–Trinajstić information content (AvgIpc) is 2.88. The van der Waals surface area contributed by atoms with E-state index in [1.165, 1.54) is 0 Å². The van der Waals surface area contributed by atoms with Gasteiger partial charge in [0.05, 0.1) is 0 Å². The van der Waals surface area contributed by atoms with Gasteiger partial charge in [-0.15, -0.1) is 0 Å². The molecule has 1 aromatic rings. The molecule has 0 spiro atoms. The molecular formula is C16H25N3O. The SMILES string of the molecule is CC(N)c1cccc(NC(=O)N2CCC(C(C)C)C2)c1. The van der Waals surface area contributed by atoms with Crippen molar-refractivity contribution in [1.82, 2.24) is 4.90 Å². The van der Waals surface area contributed by atoms with Gasteiger partial charge in [-0.3, -0.25) is 0 Å². The van der Waals surface area contributed by atoms with Crippen LogP contribution in [0, 0.1) is 11.8 Å². The Balaban J connectivity index is 1.97. The van der Waals surface area contributed by atoms with Crippen LogP contribution in [0.25, 0.3) is 0 Å². The van der Waals surface area contributed by atoms with Crippen LogP contribution in [0.4, 0.5) is 10.5 Å². The molecule has 0 aromatic heterocycles. The van der Waals surface area contributed by atoms with Gasteiger partial charge in [0.1, 0.15) is 0 Å². The zero-order valence-corrected chi connectivity index (χ0v) is 12.6. The number of hydrogen-bond acceptors (Lipinski definition) is 2. The van der Waals surface area contributed by atoms with E-state index in [1.807, 2.05) is 36.1 Å². The molecule has 2 atom stereocenters. The summed E-state index contributed by atoms with van der Waals surface area (Å²) in [6.45, 7) is 8.09. The minimum atomic E-state index is -0.0241. The molecule has 20 heavy (non-hydrogen) atoms. The van der Waals surface area contributed by atoms with Crippen LogP contribution in [0.15, 0.2) is 24.3 Å². The summed E-state index contributed by atoms with van der Waals surface area (Å²) in [6.07, 6.45) is 1.10. The van der Waals surface area contributed by atoms with Crippen molar-refractivity contribution in [1.29, 1.82) is 0 Å². The molecule has 4 heteroatoms. The largest absolute Gasteiger partial charge is 0.324 e. The number of rotatable bonds is 3. The van der Waals surface area contributed by atoms with Gasteiger partial charge in [-0.1, -0.05) is 26.0 Å². The molecule has 0 aliphatic carbocycles. The number of carbonyl (C=O) groups is 1. The first-order valence-corrected chi connectivity index (χ1v) is 7.39. The minimum absolute atomic E-state index is 0.00465. The lowest BCUT2D eigenvalue weighted by atomic mass is 9.95. The fourth-order valence-electron chi connectivity index (χ4n) is 2.62. The second-order valence-electron chi connectivity index (χ2n) is 6.08. The van der Waals surface area contributed by atoms with Gasteiger partial charge in [0.2, 0.25) is 0 Å². The number of anilines is 1. The van der Waals surface area contributed by atoms with E-state index in [0.29, 0.717) is 11.8 Å². The van der Waals surface area contributed by atoms with Crippen LogP contribution in [0.2, 0.25) is 0 Å². The molecule has 1 heterocycles. The predicted octanol–water partition coefficient (Wildman–Crippen LogP) is 3.22. The topological polar surface area (TPSA) is 58.4 Å². The van der Waals surface area contributed by atoms with E-state index in [9.17, 15) is 4.79 Å². The molecule has 1 saturated heterocycles. The Bertz CT molecular complexity index is 471. The lowest BCUT2D eigenvalue weighted by Crippen LogP contribution is -2.33. The average molecular weight is 275 g/mol. The highest BCUT2D eigenvalue weighted by molar-refractivity contribution is 5.89. The summed E-state index contributed by atoms with van der Waals surface area (Å²) in [6, 6.07) is 7.72. The van der Waals surface area contributed by atoms with Gasteiger partial charge in [0, 0.05) is 24.8 Å². The Morgan fingerprint density at radius 1 is 1.40 bits per heavy atom. The first-order chi connectivity index (χ1) is 9.47. The van der Waals surface area contributed by atoms with E-state index in [0.717, 1.165) is 30.8 Å². The monoisotopic (exact) mass is 275 g/mol. The summed E-state index contributed by atoms with van der Waals surface area (Å²) in [5.41, 5.74) is 7.71. The zero-order chi connectivity index (χ0) is 14.7. The first-order valence-electron chi connectivity index (χ1n) is 7.39. The Kier molecular flexibility index (Phi) is 4.65. The second kappa shape index (κ2) is 6.27.